The molecule has 0 bridgehead atoms. The number of rotatable bonds is 9. The molecule has 1 N–H and O–H groups in total. The zero-order valence-corrected chi connectivity index (χ0v) is 23.0. The van der Waals surface area contributed by atoms with E-state index in [2.05, 4.69) is 5.32 Å². The van der Waals surface area contributed by atoms with E-state index in [-0.39, 0.29) is 12.5 Å². The topological polar surface area (TPSA) is 96.0 Å². The van der Waals surface area contributed by atoms with E-state index in [4.69, 9.17) is 4.74 Å². The van der Waals surface area contributed by atoms with Crippen LogP contribution in [0.1, 0.15) is 33.3 Å². The van der Waals surface area contributed by atoms with E-state index >= 15 is 0 Å². The Balaban J connectivity index is 2.01. The van der Waals surface area contributed by atoms with Crippen LogP contribution in [0.4, 0.5) is 5.69 Å². The summed E-state index contributed by atoms with van der Waals surface area (Å²) in [6.07, 6.45) is 1.07. The molecular formula is C28H35N3O5S. The number of carbonyl (C=O) groups excluding carboxylic acids is 2. The number of sulfonamides is 1. The molecule has 0 saturated heterocycles. The molecule has 3 aromatic rings. The molecule has 1 atom stereocenters. The van der Waals surface area contributed by atoms with Crippen LogP contribution >= 0.6 is 0 Å². The first-order valence-electron chi connectivity index (χ1n) is 12.0. The summed E-state index contributed by atoms with van der Waals surface area (Å²) in [5, 5.41) is 4.48. The summed E-state index contributed by atoms with van der Waals surface area (Å²) in [6, 6.07) is 19.1. The number of hydrogen-bond acceptors (Lipinski definition) is 5. The number of methoxy groups -OCH3 is 1. The van der Waals surface area contributed by atoms with Crippen LogP contribution in [-0.4, -0.2) is 56.6 Å². The summed E-state index contributed by atoms with van der Waals surface area (Å²) in [4.78, 5) is 28.3. The van der Waals surface area contributed by atoms with Gasteiger partial charge in [-0.1, -0.05) is 48.5 Å². The fourth-order valence-electron chi connectivity index (χ4n) is 4.04. The predicted octanol–water partition coefficient (Wildman–Crippen LogP) is 3.95. The summed E-state index contributed by atoms with van der Waals surface area (Å²) in [5.74, 6) is -0.220. The summed E-state index contributed by atoms with van der Waals surface area (Å²) < 4.78 is 32.3. The van der Waals surface area contributed by atoms with E-state index in [9.17, 15) is 18.0 Å². The molecule has 0 spiro atoms. The van der Waals surface area contributed by atoms with Gasteiger partial charge in [0.25, 0.3) is 0 Å². The van der Waals surface area contributed by atoms with Gasteiger partial charge in [-0.3, -0.25) is 13.9 Å². The average Bonchev–Trinajstić information content (AvgIpc) is 2.83. The molecule has 8 nitrogen and oxygen atoms in total. The number of nitrogens with zero attached hydrogens (tertiary/aromatic N) is 2. The minimum absolute atomic E-state index is 0.0991. The number of carbonyl (C=O) groups is 2. The Bertz CT molecular complexity index is 1380. The Morgan fingerprint density at radius 2 is 1.65 bits per heavy atom. The fraction of sp³-hybridized carbons (Fsp3) is 0.357. The van der Waals surface area contributed by atoms with Crippen molar-refractivity contribution in [1.82, 2.24) is 10.2 Å². The van der Waals surface area contributed by atoms with Crippen LogP contribution in [0, 0.1) is 0 Å². The second-order valence-electron chi connectivity index (χ2n) is 10.1. The van der Waals surface area contributed by atoms with Crippen molar-refractivity contribution < 1.29 is 22.7 Å². The maximum absolute atomic E-state index is 13.8. The Kier molecular flexibility index (Phi) is 8.48. The number of benzene rings is 3. The summed E-state index contributed by atoms with van der Waals surface area (Å²) in [6.45, 7) is 6.86. The van der Waals surface area contributed by atoms with Crippen molar-refractivity contribution in [3.63, 3.8) is 0 Å². The van der Waals surface area contributed by atoms with Crippen LogP contribution < -0.4 is 14.4 Å². The molecule has 0 radical (unpaired) electrons. The van der Waals surface area contributed by atoms with Crippen molar-refractivity contribution in [2.24, 2.45) is 0 Å². The zero-order chi connectivity index (χ0) is 27.4. The van der Waals surface area contributed by atoms with Gasteiger partial charge >= 0.3 is 0 Å². The highest BCUT2D eigenvalue weighted by Gasteiger charge is 2.31. The van der Waals surface area contributed by atoms with Gasteiger partial charge in [0.05, 0.1) is 19.1 Å². The molecule has 37 heavy (non-hydrogen) atoms. The average molecular weight is 526 g/mol. The predicted molar refractivity (Wildman–Crippen MR) is 147 cm³/mol. The van der Waals surface area contributed by atoms with Crippen LogP contribution in [-0.2, 0) is 26.2 Å². The van der Waals surface area contributed by atoms with Gasteiger partial charge in [0.2, 0.25) is 21.8 Å². The van der Waals surface area contributed by atoms with Crippen molar-refractivity contribution >= 4 is 38.3 Å². The maximum atomic E-state index is 13.8. The van der Waals surface area contributed by atoms with Gasteiger partial charge in [-0.2, -0.15) is 0 Å². The second kappa shape index (κ2) is 11.2. The summed E-state index contributed by atoms with van der Waals surface area (Å²) in [5.41, 5.74) is 0.652. The fourth-order valence-corrected chi connectivity index (χ4v) is 4.91. The molecule has 0 aromatic heterocycles. The number of fused-ring (bicyclic) bond motifs is 1. The van der Waals surface area contributed by atoms with Crippen LogP contribution in [0.3, 0.4) is 0 Å². The Labute approximate surface area is 219 Å². The highest BCUT2D eigenvalue weighted by atomic mass is 32.2. The van der Waals surface area contributed by atoms with E-state index < -0.39 is 34.1 Å². The van der Waals surface area contributed by atoms with Gasteiger partial charge in [0, 0.05) is 17.5 Å². The smallest absolute Gasteiger partial charge is 0.244 e. The van der Waals surface area contributed by atoms with Gasteiger partial charge in [-0.25, -0.2) is 8.42 Å². The van der Waals surface area contributed by atoms with E-state index in [0.29, 0.717) is 16.8 Å². The Morgan fingerprint density at radius 3 is 2.30 bits per heavy atom. The van der Waals surface area contributed by atoms with Crippen molar-refractivity contribution in [3.05, 3.63) is 72.3 Å². The van der Waals surface area contributed by atoms with Gasteiger partial charge in [0.1, 0.15) is 18.3 Å². The number of amides is 2. The monoisotopic (exact) mass is 525 g/mol. The lowest BCUT2D eigenvalue weighted by Gasteiger charge is -2.33. The SMILES string of the molecule is COc1cccc(CN(C(=O)CN(c2cccc3ccccc23)S(C)(=O)=O)C(C)C(=O)NC(C)(C)C)c1. The van der Waals surface area contributed by atoms with Crippen molar-refractivity contribution in [3.8, 4) is 5.75 Å². The molecular weight excluding hydrogens is 490 g/mol. The number of ether oxygens (including phenoxy) is 1. The largest absolute Gasteiger partial charge is 0.497 e. The molecule has 1 unspecified atom stereocenters. The van der Waals surface area contributed by atoms with Gasteiger partial charge in [-0.05, 0) is 56.8 Å². The summed E-state index contributed by atoms with van der Waals surface area (Å²) in [7, 11) is -2.28. The molecule has 0 aliphatic carbocycles. The molecule has 3 aromatic carbocycles. The molecule has 198 valence electrons. The molecule has 0 aliphatic rings. The molecule has 9 heteroatoms. The molecule has 0 fully saturated rings. The second-order valence-corrected chi connectivity index (χ2v) is 12.0. The minimum Gasteiger partial charge on any atom is -0.497 e. The standard InChI is InChI=1S/C28H35N3O5S/c1-20(27(33)29-28(2,3)4)30(18-21-11-9-14-23(17-21)36-5)26(32)19-31(37(6,34)35)25-16-10-13-22-12-7-8-15-24(22)25/h7-17,20H,18-19H2,1-6H3,(H,29,33). The zero-order valence-electron chi connectivity index (χ0n) is 22.2. The molecule has 0 aliphatic heterocycles. The number of anilines is 1. The van der Waals surface area contributed by atoms with Crippen molar-refractivity contribution in [1.29, 1.82) is 0 Å². The van der Waals surface area contributed by atoms with Crippen LogP contribution in [0.2, 0.25) is 0 Å². The lowest BCUT2D eigenvalue weighted by molar-refractivity contribution is -0.140. The lowest BCUT2D eigenvalue weighted by Crippen LogP contribution is -2.54. The number of hydrogen-bond donors (Lipinski definition) is 1. The molecule has 0 saturated carbocycles. The van der Waals surface area contributed by atoms with Crippen molar-refractivity contribution in [2.75, 3.05) is 24.2 Å². The Hall–Kier alpha value is -3.59. The van der Waals surface area contributed by atoms with E-state index in [1.807, 2.05) is 57.2 Å². The molecule has 0 heterocycles. The number of nitrogens with one attached hydrogen (secondary N) is 1. The third-order valence-electron chi connectivity index (χ3n) is 5.87. The highest BCUT2D eigenvalue weighted by Crippen LogP contribution is 2.29. The third kappa shape index (κ3) is 7.22. The molecule has 2 amide bonds. The minimum atomic E-state index is -3.83. The van der Waals surface area contributed by atoms with Gasteiger partial charge in [0.15, 0.2) is 0 Å². The maximum Gasteiger partial charge on any atom is 0.244 e. The first-order valence-corrected chi connectivity index (χ1v) is 13.8. The third-order valence-corrected chi connectivity index (χ3v) is 6.99. The first-order chi connectivity index (χ1) is 17.3. The Morgan fingerprint density at radius 1 is 1.00 bits per heavy atom. The quantitative estimate of drug-likeness (QED) is 0.457. The van der Waals surface area contributed by atoms with Crippen LogP contribution in [0.15, 0.2) is 66.7 Å². The van der Waals surface area contributed by atoms with Gasteiger partial charge in [-0.15, -0.1) is 0 Å². The van der Waals surface area contributed by atoms with Gasteiger partial charge < -0.3 is 15.0 Å². The van der Waals surface area contributed by atoms with Crippen LogP contribution in [0.25, 0.3) is 10.8 Å². The van der Waals surface area contributed by atoms with Crippen LogP contribution in [0.5, 0.6) is 5.75 Å². The summed E-state index contributed by atoms with van der Waals surface area (Å²) >= 11 is 0. The first kappa shape index (κ1) is 28.0. The van der Waals surface area contributed by atoms with E-state index in [0.717, 1.165) is 21.5 Å². The molecule has 3 rings (SSSR count). The van der Waals surface area contributed by atoms with Crippen molar-refractivity contribution in [2.45, 2.75) is 45.8 Å². The normalized spacial score (nSPS) is 12.6. The highest BCUT2D eigenvalue weighted by molar-refractivity contribution is 7.92. The lowest BCUT2D eigenvalue weighted by atomic mass is 10.1. The van der Waals surface area contributed by atoms with E-state index in [1.54, 1.807) is 44.4 Å². The van der Waals surface area contributed by atoms with E-state index in [1.165, 1.54) is 4.90 Å².